The number of carbonyl (C=O) groups excluding carboxylic acids is 1. The van der Waals surface area contributed by atoms with E-state index in [1.54, 1.807) is 24.3 Å². The van der Waals surface area contributed by atoms with Crippen molar-refractivity contribution in [3.8, 4) is 0 Å². The molecule has 1 aliphatic rings. The van der Waals surface area contributed by atoms with Gasteiger partial charge >= 0.3 is 0 Å². The van der Waals surface area contributed by atoms with Crippen molar-refractivity contribution in [1.82, 2.24) is 4.31 Å². The van der Waals surface area contributed by atoms with Crippen molar-refractivity contribution in [2.24, 2.45) is 5.92 Å². The third-order valence-corrected chi connectivity index (χ3v) is 6.52. The molecule has 1 unspecified atom stereocenters. The molecule has 0 aliphatic carbocycles. The number of carbonyl (C=O) groups is 1. The van der Waals surface area contributed by atoms with E-state index in [4.69, 9.17) is 11.6 Å². The van der Waals surface area contributed by atoms with Gasteiger partial charge < -0.3 is 5.32 Å². The van der Waals surface area contributed by atoms with Gasteiger partial charge in [-0.3, -0.25) is 4.79 Å². The van der Waals surface area contributed by atoms with Gasteiger partial charge in [0.25, 0.3) is 0 Å². The maximum Gasteiger partial charge on any atom is 0.228 e. The van der Waals surface area contributed by atoms with E-state index in [1.165, 1.54) is 4.31 Å². The van der Waals surface area contributed by atoms with Crippen LogP contribution in [0.15, 0.2) is 54.6 Å². The van der Waals surface area contributed by atoms with Crippen LogP contribution in [0.2, 0.25) is 5.02 Å². The standard InChI is InChI=1S/C19H21ClN2O3S/c20-17-10-8-15(9-11-17)14-26(24,25)22-12-4-5-16(13-22)19(23)21-18-6-2-1-3-7-18/h1-3,6-11,16H,4-5,12-14H2,(H,21,23). The minimum absolute atomic E-state index is 0.0861. The Morgan fingerprint density at radius 2 is 1.81 bits per heavy atom. The molecule has 138 valence electrons. The summed E-state index contributed by atoms with van der Waals surface area (Å²) in [6.07, 6.45) is 1.36. The van der Waals surface area contributed by atoms with Gasteiger partial charge in [-0.2, -0.15) is 0 Å². The van der Waals surface area contributed by atoms with Crippen molar-refractivity contribution in [1.29, 1.82) is 0 Å². The number of benzene rings is 2. The highest BCUT2D eigenvalue weighted by Crippen LogP contribution is 2.23. The molecule has 0 spiro atoms. The van der Waals surface area contributed by atoms with E-state index < -0.39 is 10.0 Å². The predicted octanol–water partition coefficient (Wildman–Crippen LogP) is 3.52. The molecule has 5 nitrogen and oxygen atoms in total. The number of anilines is 1. The average Bonchev–Trinajstić information content (AvgIpc) is 2.64. The van der Waals surface area contributed by atoms with Crippen molar-refractivity contribution >= 4 is 33.2 Å². The summed E-state index contributed by atoms with van der Waals surface area (Å²) in [5.74, 6) is -0.566. The summed E-state index contributed by atoms with van der Waals surface area (Å²) in [5.41, 5.74) is 1.41. The van der Waals surface area contributed by atoms with Crippen molar-refractivity contribution in [2.45, 2.75) is 18.6 Å². The zero-order valence-corrected chi connectivity index (χ0v) is 15.8. The first kappa shape index (κ1) is 18.9. The van der Waals surface area contributed by atoms with Gasteiger partial charge in [0.05, 0.1) is 11.7 Å². The van der Waals surface area contributed by atoms with Crippen LogP contribution >= 0.6 is 11.6 Å². The fraction of sp³-hybridized carbons (Fsp3) is 0.316. The predicted molar refractivity (Wildman–Crippen MR) is 103 cm³/mol. The number of piperidine rings is 1. The van der Waals surface area contributed by atoms with Crippen LogP contribution in [0.1, 0.15) is 18.4 Å². The van der Waals surface area contributed by atoms with Crippen molar-refractivity contribution < 1.29 is 13.2 Å². The number of amides is 1. The summed E-state index contributed by atoms with van der Waals surface area (Å²) < 4.78 is 26.9. The molecule has 1 atom stereocenters. The fourth-order valence-corrected chi connectivity index (χ4v) is 4.79. The molecule has 26 heavy (non-hydrogen) atoms. The SMILES string of the molecule is O=C(Nc1ccccc1)C1CCCN(S(=O)(=O)Cc2ccc(Cl)cc2)C1. The Morgan fingerprint density at radius 1 is 1.12 bits per heavy atom. The van der Waals surface area contributed by atoms with Gasteiger partial charge in [-0.1, -0.05) is 41.9 Å². The Labute approximate surface area is 159 Å². The Kier molecular flexibility index (Phi) is 5.96. The van der Waals surface area contributed by atoms with Gasteiger partial charge in [0, 0.05) is 23.8 Å². The van der Waals surface area contributed by atoms with Crippen LogP contribution in [0.25, 0.3) is 0 Å². The molecule has 1 amide bonds. The highest BCUT2D eigenvalue weighted by molar-refractivity contribution is 7.88. The van der Waals surface area contributed by atoms with Gasteiger partial charge in [0.2, 0.25) is 15.9 Å². The summed E-state index contributed by atoms with van der Waals surface area (Å²) in [6, 6.07) is 16.0. The number of halogens is 1. The number of hydrogen-bond acceptors (Lipinski definition) is 3. The van der Waals surface area contributed by atoms with Crippen molar-refractivity contribution in [3.63, 3.8) is 0 Å². The third kappa shape index (κ3) is 4.84. The Balaban J connectivity index is 1.65. The van der Waals surface area contributed by atoms with Gasteiger partial charge in [-0.25, -0.2) is 12.7 Å². The number of nitrogens with zero attached hydrogens (tertiary/aromatic N) is 1. The topological polar surface area (TPSA) is 66.5 Å². The molecule has 1 heterocycles. The fourth-order valence-electron chi connectivity index (χ4n) is 3.06. The van der Waals surface area contributed by atoms with Crippen LogP contribution in [0.4, 0.5) is 5.69 Å². The molecular weight excluding hydrogens is 372 g/mol. The van der Waals surface area contributed by atoms with Crippen LogP contribution in [0, 0.1) is 5.92 Å². The summed E-state index contributed by atoms with van der Waals surface area (Å²) in [6.45, 7) is 0.666. The lowest BCUT2D eigenvalue weighted by atomic mass is 9.99. The molecule has 1 saturated heterocycles. The average molecular weight is 393 g/mol. The van der Waals surface area contributed by atoms with E-state index in [0.717, 1.165) is 5.69 Å². The molecule has 2 aromatic carbocycles. The second-order valence-electron chi connectivity index (χ2n) is 6.44. The van der Waals surface area contributed by atoms with Crippen molar-refractivity contribution in [2.75, 3.05) is 18.4 Å². The number of sulfonamides is 1. The molecule has 0 bridgehead atoms. The Bertz CT molecular complexity index is 854. The lowest BCUT2D eigenvalue weighted by molar-refractivity contribution is -0.120. The van der Waals surface area contributed by atoms with Crippen LogP contribution in [-0.2, 0) is 20.6 Å². The lowest BCUT2D eigenvalue weighted by Crippen LogP contribution is -2.44. The molecule has 1 N–H and O–H groups in total. The first-order valence-electron chi connectivity index (χ1n) is 8.52. The highest BCUT2D eigenvalue weighted by atomic mass is 35.5. The molecule has 0 saturated carbocycles. The molecule has 2 aromatic rings. The number of nitrogens with one attached hydrogen (secondary N) is 1. The summed E-state index contributed by atoms with van der Waals surface area (Å²) in [4.78, 5) is 12.5. The smallest absolute Gasteiger partial charge is 0.228 e. The summed E-state index contributed by atoms with van der Waals surface area (Å²) >= 11 is 5.85. The second-order valence-corrected chi connectivity index (χ2v) is 8.84. The minimum atomic E-state index is -3.48. The zero-order chi connectivity index (χ0) is 18.6. The highest BCUT2D eigenvalue weighted by Gasteiger charge is 2.32. The maximum absolute atomic E-state index is 12.7. The van der Waals surface area contributed by atoms with Gasteiger partial charge in [0.15, 0.2) is 0 Å². The number of para-hydroxylation sites is 1. The normalized spacial score (nSPS) is 18.4. The molecule has 1 fully saturated rings. The Morgan fingerprint density at radius 3 is 2.50 bits per heavy atom. The molecule has 0 aromatic heterocycles. The van der Waals surface area contributed by atoms with E-state index in [9.17, 15) is 13.2 Å². The minimum Gasteiger partial charge on any atom is -0.326 e. The summed E-state index contributed by atoms with van der Waals surface area (Å²) in [5, 5.41) is 3.44. The number of hydrogen-bond donors (Lipinski definition) is 1. The van der Waals surface area contributed by atoms with E-state index in [2.05, 4.69) is 5.32 Å². The molecule has 7 heteroatoms. The second kappa shape index (κ2) is 8.20. The van der Waals surface area contributed by atoms with Crippen molar-refractivity contribution in [3.05, 3.63) is 65.2 Å². The number of rotatable bonds is 5. The van der Waals surface area contributed by atoms with E-state index in [1.807, 2.05) is 30.3 Å². The quantitative estimate of drug-likeness (QED) is 0.846. The maximum atomic E-state index is 12.7. The largest absolute Gasteiger partial charge is 0.326 e. The van der Waals surface area contributed by atoms with E-state index in [0.29, 0.717) is 30.0 Å². The Hall–Kier alpha value is -1.89. The molecule has 1 aliphatic heterocycles. The van der Waals surface area contributed by atoms with E-state index in [-0.39, 0.29) is 24.1 Å². The third-order valence-electron chi connectivity index (χ3n) is 4.45. The molecule has 3 rings (SSSR count). The van der Waals surface area contributed by atoms with Gasteiger partial charge in [0.1, 0.15) is 0 Å². The van der Waals surface area contributed by atoms with Crippen LogP contribution in [0.3, 0.4) is 0 Å². The monoisotopic (exact) mass is 392 g/mol. The summed E-state index contributed by atoms with van der Waals surface area (Å²) in [7, 11) is -3.48. The van der Waals surface area contributed by atoms with Crippen LogP contribution < -0.4 is 5.32 Å². The van der Waals surface area contributed by atoms with Gasteiger partial charge in [-0.15, -0.1) is 0 Å². The van der Waals surface area contributed by atoms with Crippen LogP contribution in [-0.4, -0.2) is 31.7 Å². The molecular formula is C19H21ClN2O3S. The molecule has 0 radical (unpaired) electrons. The lowest BCUT2D eigenvalue weighted by Gasteiger charge is -2.31. The van der Waals surface area contributed by atoms with E-state index >= 15 is 0 Å². The first-order valence-corrected chi connectivity index (χ1v) is 10.5. The zero-order valence-electron chi connectivity index (χ0n) is 14.3. The first-order chi connectivity index (χ1) is 12.4. The van der Waals surface area contributed by atoms with Crippen LogP contribution in [0.5, 0.6) is 0 Å². The van der Waals surface area contributed by atoms with Gasteiger partial charge in [-0.05, 0) is 42.7 Å².